The molecule has 11 heteroatoms. The molecule has 1 heterocycles. The molecule has 3 amide bonds. The van der Waals surface area contributed by atoms with Crippen LogP contribution in [-0.4, -0.2) is 41.8 Å². The number of aryl methyl sites for hydroxylation is 1. The van der Waals surface area contributed by atoms with Gasteiger partial charge in [-0.2, -0.15) is 10.5 Å². The predicted molar refractivity (Wildman–Crippen MR) is 159 cm³/mol. The number of rotatable bonds is 8. The molecule has 42 heavy (non-hydrogen) atoms. The van der Waals surface area contributed by atoms with Gasteiger partial charge in [0.15, 0.2) is 0 Å². The van der Waals surface area contributed by atoms with E-state index in [0.29, 0.717) is 24.3 Å². The molecule has 0 radical (unpaired) electrons. The van der Waals surface area contributed by atoms with Crippen LogP contribution in [-0.2, 0) is 11.2 Å². The van der Waals surface area contributed by atoms with Crippen LogP contribution < -0.4 is 21.5 Å². The second kappa shape index (κ2) is 12.7. The normalized spacial score (nSPS) is 28.0. The minimum Gasteiger partial charge on any atom is -0.449 e. The largest absolute Gasteiger partial charge is 0.449 e. The Labute approximate surface area is 249 Å². The molecule has 0 aliphatic heterocycles. The van der Waals surface area contributed by atoms with Crippen LogP contribution in [0.2, 0.25) is 0 Å². The van der Waals surface area contributed by atoms with Gasteiger partial charge in [-0.1, -0.05) is 41.5 Å². The molecule has 2 saturated carbocycles. The SMILES string of the molecule is Cc1nc(NC(=O)NCC2(C)CC(C#N)CC(C)(C)C2)[nH]c(=O)c1CCOC(=O)NCC1(C)CC(C#N)CC(C)(C)C1. The number of hydrogen-bond acceptors (Lipinski definition) is 7. The van der Waals surface area contributed by atoms with Gasteiger partial charge >= 0.3 is 12.1 Å². The summed E-state index contributed by atoms with van der Waals surface area (Å²) in [6.45, 7) is 15.2. The van der Waals surface area contributed by atoms with Gasteiger partial charge in [-0.05, 0) is 67.1 Å². The second-order valence-electron chi connectivity index (χ2n) is 14.8. The standard InChI is InChI=1S/C31H47N7O4/c1-20-23(8-9-42-27(41)35-19-31(7)13-22(15-33)11-29(4,5)17-31)24(39)37-25(36-20)38-26(40)34-18-30(6)12-21(14-32)10-28(2,3)16-30/h21-22H,8-13,16-19H2,1-7H3,(H,35,41)(H3,34,36,37,38,39,40). The van der Waals surface area contributed by atoms with Gasteiger partial charge in [-0.25, -0.2) is 14.6 Å². The summed E-state index contributed by atoms with van der Waals surface area (Å²) in [5, 5.41) is 27.2. The Kier molecular flexibility index (Phi) is 9.97. The predicted octanol–water partition coefficient (Wildman–Crippen LogP) is 5.18. The highest BCUT2D eigenvalue weighted by atomic mass is 16.5. The Morgan fingerprint density at radius 2 is 1.45 bits per heavy atom. The third-order valence-corrected chi connectivity index (χ3v) is 8.63. The molecule has 0 spiro atoms. The van der Waals surface area contributed by atoms with Gasteiger partial charge in [0.2, 0.25) is 5.95 Å². The van der Waals surface area contributed by atoms with Crippen LogP contribution >= 0.6 is 0 Å². The highest BCUT2D eigenvalue weighted by Gasteiger charge is 2.42. The molecule has 230 valence electrons. The molecule has 1 aromatic rings. The average molecular weight is 582 g/mol. The molecule has 2 fully saturated rings. The van der Waals surface area contributed by atoms with Crippen molar-refractivity contribution in [2.45, 2.75) is 93.4 Å². The number of nitrogens with zero attached hydrogens (tertiary/aromatic N) is 3. The van der Waals surface area contributed by atoms with E-state index in [9.17, 15) is 24.9 Å². The number of urea groups is 1. The number of aromatic amines is 1. The smallest absolute Gasteiger partial charge is 0.407 e. The van der Waals surface area contributed by atoms with Crippen LogP contribution in [0.1, 0.15) is 91.3 Å². The number of hydrogen-bond donors (Lipinski definition) is 4. The highest BCUT2D eigenvalue weighted by Crippen LogP contribution is 2.49. The van der Waals surface area contributed by atoms with E-state index in [-0.39, 0.29) is 52.5 Å². The fraction of sp³-hybridized carbons (Fsp3) is 0.742. The highest BCUT2D eigenvalue weighted by molar-refractivity contribution is 5.87. The molecule has 2 aliphatic carbocycles. The second-order valence-corrected chi connectivity index (χ2v) is 14.8. The third kappa shape index (κ3) is 9.20. The van der Waals surface area contributed by atoms with Gasteiger partial charge in [0, 0.05) is 36.9 Å². The van der Waals surface area contributed by atoms with E-state index in [1.807, 2.05) is 0 Å². The molecule has 1 aromatic heterocycles. The fourth-order valence-corrected chi connectivity index (χ4v) is 7.71. The van der Waals surface area contributed by atoms with Crippen LogP contribution in [0.15, 0.2) is 4.79 Å². The summed E-state index contributed by atoms with van der Waals surface area (Å²) in [6, 6.07) is 4.29. The van der Waals surface area contributed by atoms with Crippen LogP contribution in [0.25, 0.3) is 0 Å². The van der Waals surface area contributed by atoms with Gasteiger partial charge in [0.05, 0.1) is 24.4 Å². The zero-order valence-corrected chi connectivity index (χ0v) is 26.2. The van der Waals surface area contributed by atoms with Crippen molar-refractivity contribution in [3.8, 4) is 12.1 Å². The molecule has 0 saturated heterocycles. The molecule has 4 unspecified atom stereocenters. The van der Waals surface area contributed by atoms with Gasteiger partial charge in [-0.3, -0.25) is 15.1 Å². The van der Waals surface area contributed by atoms with Crippen LogP contribution in [0.4, 0.5) is 15.5 Å². The first kappa shape index (κ1) is 32.9. The van der Waals surface area contributed by atoms with Gasteiger partial charge in [-0.15, -0.1) is 0 Å². The number of H-pyrrole nitrogens is 1. The summed E-state index contributed by atoms with van der Waals surface area (Å²) in [6.07, 6.45) is 4.53. The van der Waals surface area contributed by atoms with E-state index in [2.05, 4.69) is 79.6 Å². The third-order valence-electron chi connectivity index (χ3n) is 8.63. The first-order chi connectivity index (χ1) is 19.5. The average Bonchev–Trinajstić information content (AvgIpc) is 2.85. The Balaban J connectivity index is 1.48. The van der Waals surface area contributed by atoms with Crippen molar-refractivity contribution >= 4 is 18.1 Å². The zero-order chi connectivity index (χ0) is 31.3. The quantitative estimate of drug-likeness (QED) is 0.327. The fourth-order valence-electron chi connectivity index (χ4n) is 7.71. The number of anilines is 1. The van der Waals surface area contributed by atoms with E-state index in [0.717, 1.165) is 38.5 Å². The monoisotopic (exact) mass is 581 g/mol. The zero-order valence-electron chi connectivity index (χ0n) is 26.2. The molecular weight excluding hydrogens is 534 g/mol. The lowest BCUT2D eigenvalue weighted by Gasteiger charge is -2.45. The number of nitriles is 2. The Bertz CT molecular complexity index is 1310. The summed E-state index contributed by atoms with van der Waals surface area (Å²) in [5.41, 5.74) is 0.00916. The van der Waals surface area contributed by atoms with Crippen LogP contribution in [0.3, 0.4) is 0 Å². The summed E-state index contributed by atoms with van der Waals surface area (Å²) in [4.78, 5) is 44.6. The van der Waals surface area contributed by atoms with Crippen molar-refractivity contribution < 1.29 is 14.3 Å². The molecule has 3 rings (SSSR count). The number of amides is 3. The van der Waals surface area contributed by atoms with Gasteiger partial charge in [0.1, 0.15) is 0 Å². The Morgan fingerprint density at radius 3 is 1.95 bits per heavy atom. The van der Waals surface area contributed by atoms with Crippen molar-refractivity contribution in [3.63, 3.8) is 0 Å². The molecule has 2 aliphatic rings. The summed E-state index contributed by atoms with van der Waals surface area (Å²) < 4.78 is 5.33. The van der Waals surface area contributed by atoms with Gasteiger partial charge in [0.25, 0.3) is 5.56 Å². The molecule has 0 bridgehead atoms. The van der Waals surface area contributed by atoms with Crippen LogP contribution in [0, 0.1) is 63.1 Å². The van der Waals surface area contributed by atoms with Crippen molar-refractivity contribution in [2.24, 2.45) is 33.5 Å². The Morgan fingerprint density at radius 1 is 0.929 bits per heavy atom. The molecule has 11 nitrogen and oxygen atoms in total. The topological polar surface area (TPSA) is 173 Å². The maximum absolute atomic E-state index is 12.7. The van der Waals surface area contributed by atoms with Crippen molar-refractivity contribution in [2.75, 3.05) is 25.0 Å². The minimum atomic E-state index is -0.568. The number of aromatic nitrogens is 2. The number of carbonyl (C=O) groups excluding carboxylic acids is 2. The molecule has 0 aromatic carbocycles. The number of ether oxygens (including phenoxy) is 1. The van der Waals surface area contributed by atoms with Crippen molar-refractivity contribution in [1.29, 1.82) is 10.5 Å². The van der Waals surface area contributed by atoms with Gasteiger partial charge < -0.3 is 15.4 Å². The van der Waals surface area contributed by atoms with E-state index in [1.54, 1.807) is 6.92 Å². The summed E-state index contributed by atoms with van der Waals surface area (Å²) >= 11 is 0. The molecule has 4 N–H and O–H groups in total. The summed E-state index contributed by atoms with van der Waals surface area (Å²) in [7, 11) is 0. The van der Waals surface area contributed by atoms with E-state index < -0.39 is 17.7 Å². The molecular formula is C31H47N7O4. The van der Waals surface area contributed by atoms with E-state index in [4.69, 9.17) is 4.74 Å². The minimum absolute atomic E-state index is 0.00759. The molecule has 4 atom stereocenters. The van der Waals surface area contributed by atoms with Crippen molar-refractivity contribution in [3.05, 3.63) is 21.6 Å². The van der Waals surface area contributed by atoms with E-state index in [1.165, 1.54) is 0 Å². The number of carbonyl (C=O) groups is 2. The maximum Gasteiger partial charge on any atom is 0.407 e. The first-order valence-electron chi connectivity index (χ1n) is 14.8. The maximum atomic E-state index is 12.7. The van der Waals surface area contributed by atoms with Crippen LogP contribution in [0.5, 0.6) is 0 Å². The lowest BCUT2D eigenvalue weighted by atomic mass is 9.61. The van der Waals surface area contributed by atoms with E-state index >= 15 is 0 Å². The lowest BCUT2D eigenvalue weighted by Crippen LogP contribution is -2.44. The van der Waals surface area contributed by atoms with Crippen molar-refractivity contribution in [1.82, 2.24) is 20.6 Å². The Hall–Kier alpha value is -3.60. The lowest BCUT2D eigenvalue weighted by molar-refractivity contribution is 0.0695. The first-order valence-corrected chi connectivity index (χ1v) is 14.8. The summed E-state index contributed by atoms with van der Waals surface area (Å²) in [5.74, 6) is -0.0514. The number of nitrogens with one attached hydrogen (secondary N) is 4. The number of alkyl carbamates (subject to hydrolysis) is 1.